The Labute approximate surface area is 78.9 Å². The SMILES string of the molecule is CO[C@H]1Cc2ccccc2N[C@@H]1C. The highest BCUT2D eigenvalue weighted by atomic mass is 16.5. The van der Waals surface area contributed by atoms with Crippen LogP contribution in [0, 0.1) is 0 Å². The summed E-state index contributed by atoms with van der Waals surface area (Å²) in [5, 5.41) is 3.44. The molecule has 0 fully saturated rings. The predicted molar refractivity (Wildman–Crippen MR) is 54.0 cm³/mol. The fourth-order valence-corrected chi connectivity index (χ4v) is 1.86. The summed E-state index contributed by atoms with van der Waals surface area (Å²) in [4.78, 5) is 0. The molecule has 0 saturated carbocycles. The first-order valence-corrected chi connectivity index (χ1v) is 4.68. The molecule has 13 heavy (non-hydrogen) atoms. The van der Waals surface area contributed by atoms with Gasteiger partial charge in [0.15, 0.2) is 0 Å². The number of hydrogen-bond acceptors (Lipinski definition) is 2. The first kappa shape index (κ1) is 8.57. The molecule has 1 heterocycles. The summed E-state index contributed by atoms with van der Waals surface area (Å²) in [6.45, 7) is 2.16. The molecule has 1 aliphatic heterocycles. The summed E-state index contributed by atoms with van der Waals surface area (Å²) < 4.78 is 5.40. The van der Waals surface area contributed by atoms with Crippen LogP contribution in [0.3, 0.4) is 0 Å². The van der Waals surface area contributed by atoms with Gasteiger partial charge in [0, 0.05) is 25.3 Å². The molecule has 0 aromatic heterocycles. The molecule has 2 heteroatoms. The monoisotopic (exact) mass is 177 g/mol. The van der Waals surface area contributed by atoms with E-state index in [1.807, 2.05) is 0 Å². The molecule has 1 aromatic rings. The lowest BCUT2D eigenvalue weighted by Gasteiger charge is -2.31. The number of hydrogen-bond donors (Lipinski definition) is 1. The highest BCUT2D eigenvalue weighted by molar-refractivity contribution is 5.54. The third-order valence-corrected chi connectivity index (χ3v) is 2.68. The molecule has 1 N–H and O–H groups in total. The Morgan fingerprint density at radius 3 is 2.92 bits per heavy atom. The first-order valence-electron chi connectivity index (χ1n) is 4.68. The molecule has 2 nitrogen and oxygen atoms in total. The summed E-state index contributed by atoms with van der Waals surface area (Å²) in [5.41, 5.74) is 2.61. The Morgan fingerprint density at radius 1 is 1.38 bits per heavy atom. The number of benzene rings is 1. The van der Waals surface area contributed by atoms with Gasteiger partial charge in [-0.3, -0.25) is 0 Å². The number of methoxy groups -OCH3 is 1. The third kappa shape index (κ3) is 1.54. The highest BCUT2D eigenvalue weighted by Crippen LogP contribution is 2.25. The molecule has 1 aliphatic rings. The van der Waals surface area contributed by atoms with E-state index in [1.54, 1.807) is 7.11 Å². The number of nitrogens with one attached hydrogen (secondary N) is 1. The lowest BCUT2D eigenvalue weighted by molar-refractivity contribution is 0.0878. The zero-order chi connectivity index (χ0) is 9.26. The third-order valence-electron chi connectivity index (χ3n) is 2.68. The quantitative estimate of drug-likeness (QED) is 0.709. The maximum Gasteiger partial charge on any atom is 0.0810 e. The average molecular weight is 177 g/mol. The van der Waals surface area contributed by atoms with Crippen LogP contribution in [0.1, 0.15) is 12.5 Å². The molecule has 1 aromatic carbocycles. The van der Waals surface area contributed by atoms with Gasteiger partial charge in [0.1, 0.15) is 0 Å². The van der Waals surface area contributed by atoms with Gasteiger partial charge < -0.3 is 10.1 Å². The molecule has 0 spiro atoms. The van der Waals surface area contributed by atoms with Crippen molar-refractivity contribution in [2.45, 2.75) is 25.5 Å². The van der Waals surface area contributed by atoms with Gasteiger partial charge in [-0.05, 0) is 18.6 Å². The van der Waals surface area contributed by atoms with E-state index in [2.05, 4.69) is 36.5 Å². The molecule has 2 rings (SSSR count). The van der Waals surface area contributed by atoms with Crippen LogP contribution in [0.2, 0.25) is 0 Å². The molecule has 0 bridgehead atoms. The second-order valence-corrected chi connectivity index (χ2v) is 3.57. The van der Waals surface area contributed by atoms with Crippen molar-refractivity contribution in [1.29, 1.82) is 0 Å². The fraction of sp³-hybridized carbons (Fsp3) is 0.455. The molecule has 0 aliphatic carbocycles. The van der Waals surface area contributed by atoms with Gasteiger partial charge in [0.2, 0.25) is 0 Å². The van der Waals surface area contributed by atoms with Crippen molar-refractivity contribution in [2.24, 2.45) is 0 Å². The van der Waals surface area contributed by atoms with Gasteiger partial charge >= 0.3 is 0 Å². The van der Waals surface area contributed by atoms with E-state index in [0.717, 1.165) is 6.42 Å². The lowest BCUT2D eigenvalue weighted by atomic mass is 9.96. The molecule has 0 amide bonds. The summed E-state index contributed by atoms with van der Waals surface area (Å²) >= 11 is 0. The normalized spacial score (nSPS) is 26.3. The smallest absolute Gasteiger partial charge is 0.0810 e. The number of para-hydroxylation sites is 1. The minimum absolute atomic E-state index is 0.301. The molecular formula is C11H15NO. The molecule has 70 valence electrons. The summed E-state index contributed by atoms with van der Waals surface area (Å²) in [5.74, 6) is 0. The van der Waals surface area contributed by atoms with E-state index in [0.29, 0.717) is 12.1 Å². The second kappa shape index (κ2) is 3.38. The maximum absolute atomic E-state index is 5.40. The van der Waals surface area contributed by atoms with Crippen LogP contribution >= 0.6 is 0 Å². The fourth-order valence-electron chi connectivity index (χ4n) is 1.86. The molecule has 2 atom stereocenters. The largest absolute Gasteiger partial charge is 0.380 e. The topological polar surface area (TPSA) is 21.3 Å². The first-order chi connectivity index (χ1) is 6.31. The van der Waals surface area contributed by atoms with E-state index in [9.17, 15) is 0 Å². The van der Waals surface area contributed by atoms with Gasteiger partial charge in [-0.25, -0.2) is 0 Å². The zero-order valence-corrected chi connectivity index (χ0v) is 8.08. The van der Waals surface area contributed by atoms with Gasteiger partial charge in [0.25, 0.3) is 0 Å². The van der Waals surface area contributed by atoms with Crippen molar-refractivity contribution in [3.8, 4) is 0 Å². The van der Waals surface area contributed by atoms with Crippen LogP contribution in [0.4, 0.5) is 5.69 Å². The number of rotatable bonds is 1. The lowest BCUT2D eigenvalue weighted by Crippen LogP contribution is -2.38. The van der Waals surface area contributed by atoms with Crippen LogP contribution in [0.25, 0.3) is 0 Å². The van der Waals surface area contributed by atoms with Crippen LogP contribution in [-0.2, 0) is 11.2 Å². The summed E-state index contributed by atoms with van der Waals surface area (Å²) in [6, 6.07) is 8.81. The number of anilines is 1. The average Bonchev–Trinajstić information content (AvgIpc) is 2.17. The molecule has 0 unspecified atom stereocenters. The van der Waals surface area contributed by atoms with Crippen LogP contribution in [0.15, 0.2) is 24.3 Å². The Morgan fingerprint density at radius 2 is 2.15 bits per heavy atom. The van der Waals surface area contributed by atoms with Crippen LogP contribution in [-0.4, -0.2) is 19.3 Å². The van der Waals surface area contributed by atoms with E-state index in [4.69, 9.17) is 4.74 Å². The van der Waals surface area contributed by atoms with Crippen molar-refractivity contribution < 1.29 is 4.74 Å². The number of ether oxygens (including phenoxy) is 1. The van der Waals surface area contributed by atoms with Crippen molar-refractivity contribution in [3.63, 3.8) is 0 Å². The molecule has 0 radical (unpaired) electrons. The Kier molecular flexibility index (Phi) is 2.23. The predicted octanol–water partition coefficient (Wildman–Crippen LogP) is 2.06. The summed E-state index contributed by atoms with van der Waals surface area (Å²) in [6.07, 6.45) is 1.32. The minimum atomic E-state index is 0.301. The molecule has 0 saturated heterocycles. The minimum Gasteiger partial charge on any atom is -0.380 e. The Balaban J connectivity index is 2.27. The van der Waals surface area contributed by atoms with Gasteiger partial charge in [-0.15, -0.1) is 0 Å². The van der Waals surface area contributed by atoms with E-state index in [1.165, 1.54) is 11.3 Å². The maximum atomic E-state index is 5.40. The summed E-state index contributed by atoms with van der Waals surface area (Å²) in [7, 11) is 1.77. The van der Waals surface area contributed by atoms with Crippen molar-refractivity contribution >= 4 is 5.69 Å². The van der Waals surface area contributed by atoms with Gasteiger partial charge in [-0.2, -0.15) is 0 Å². The Bertz CT molecular complexity index is 298. The van der Waals surface area contributed by atoms with E-state index < -0.39 is 0 Å². The van der Waals surface area contributed by atoms with E-state index >= 15 is 0 Å². The highest BCUT2D eigenvalue weighted by Gasteiger charge is 2.23. The van der Waals surface area contributed by atoms with Crippen molar-refractivity contribution in [1.82, 2.24) is 0 Å². The van der Waals surface area contributed by atoms with E-state index in [-0.39, 0.29) is 0 Å². The number of fused-ring (bicyclic) bond motifs is 1. The van der Waals surface area contributed by atoms with Crippen molar-refractivity contribution in [2.75, 3.05) is 12.4 Å². The zero-order valence-electron chi connectivity index (χ0n) is 8.08. The van der Waals surface area contributed by atoms with Gasteiger partial charge in [-0.1, -0.05) is 18.2 Å². The molecular weight excluding hydrogens is 162 g/mol. The van der Waals surface area contributed by atoms with Crippen molar-refractivity contribution in [3.05, 3.63) is 29.8 Å². The second-order valence-electron chi connectivity index (χ2n) is 3.57. The van der Waals surface area contributed by atoms with Gasteiger partial charge in [0.05, 0.1) is 6.10 Å². The Hall–Kier alpha value is -1.02. The van der Waals surface area contributed by atoms with Crippen LogP contribution in [0.5, 0.6) is 0 Å². The standard InChI is InChI=1S/C11H15NO/c1-8-11(13-2)7-9-5-3-4-6-10(9)12-8/h3-6,8,11-12H,7H2,1-2H3/t8-,11+/m1/s1. The van der Waals surface area contributed by atoms with Crippen LogP contribution < -0.4 is 5.32 Å².